The number of carbonyl (C=O) groups excluding carboxylic acids is 1. The molecule has 130 valence electrons. The molecule has 0 unspecified atom stereocenters. The number of rotatable bonds is 2. The number of amides is 1. The Balaban J connectivity index is 1.71. The molecule has 5 heteroatoms. The molecular weight excluding hydrogens is 338 g/mol. The first kappa shape index (κ1) is 16.6. The SMILES string of the molecule is O=C1C[C@@H]2c3c(cccc3CN1Cc1ccccc1Cl)C[C@@H](O)[C@H]2O. The third kappa shape index (κ3) is 2.95. The highest BCUT2D eigenvalue weighted by Crippen LogP contribution is 2.40. The quantitative estimate of drug-likeness (QED) is 0.868. The molecule has 25 heavy (non-hydrogen) atoms. The smallest absolute Gasteiger partial charge is 0.223 e. The van der Waals surface area contributed by atoms with Crippen molar-refractivity contribution < 1.29 is 15.0 Å². The molecule has 0 aromatic heterocycles. The van der Waals surface area contributed by atoms with E-state index >= 15 is 0 Å². The minimum atomic E-state index is -0.905. The zero-order valence-electron chi connectivity index (χ0n) is 13.7. The van der Waals surface area contributed by atoms with Crippen LogP contribution in [0.3, 0.4) is 0 Å². The molecule has 0 spiro atoms. The molecule has 3 atom stereocenters. The van der Waals surface area contributed by atoms with Crippen LogP contribution < -0.4 is 0 Å². The molecule has 0 saturated heterocycles. The van der Waals surface area contributed by atoms with Crippen LogP contribution in [-0.2, 0) is 24.3 Å². The van der Waals surface area contributed by atoms with Crippen LogP contribution in [0.4, 0.5) is 0 Å². The highest BCUT2D eigenvalue weighted by atomic mass is 35.5. The van der Waals surface area contributed by atoms with Gasteiger partial charge in [-0.15, -0.1) is 0 Å². The second kappa shape index (κ2) is 6.45. The largest absolute Gasteiger partial charge is 0.390 e. The summed E-state index contributed by atoms with van der Waals surface area (Å²) in [4.78, 5) is 14.6. The maximum absolute atomic E-state index is 12.8. The van der Waals surface area contributed by atoms with E-state index < -0.39 is 12.2 Å². The van der Waals surface area contributed by atoms with Gasteiger partial charge in [-0.2, -0.15) is 0 Å². The van der Waals surface area contributed by atoms with Gasteiger partial charge in [-0.25, -0.2) is 0 Å². The zero-order chi connectivity index (χ0) is 17.6. The van der Waals surface area contributed by atoms with Crippen molar-refractivity contribution in [3.05, 3.63) is 69.7 Å². The number of halogens is 1. The van der Waals surface area contributed by atoms with Gasteiger partial charge in [0, 0.05) is 36.9 Å². The van der Waals surface area contributed by atoms with Crippen molar-refractivity contribution in [2.45, 2.75) is 44.1 Å². The fourth-order valence-corrected chi connectivity index (χ4v) is 4.25. The molecule has 0 fully saturated rings. The van der Waals surface area contributed by atoms with Crippen LogP contribution in [0.25, 0.3) is 0 Å². The van der Waals surface area contributed by atoms with E-state index in [0.29, 0.717) is 24.5 Å². The summed E-state index contributed by atoms with van der Waals surface area (Å²) in [5.74, 6) is -0.376. The van der Waals surface area contributed by atoms with Crippen LogP contribution in [-0.4, -0.2) is 33.2 Å². The maximum atomic E-state index is 12.8. The number of benzene rings is 2. The van der Waals surface area contributed by atoms with Gasteiger partial charge in [0.2, 0.25) is 5.91 Å². The van der Waals surface area contributed by atoms with E-state index in [0.717, 1.165) is 22.3 Å². The van der Waals surface area contributed by atoms with Gasteiger partial charge in [-0.1, -0.05) is 48.0 Å². The summed E-state index contributed by atoms with van der Waals surface area (Å²) in [7, 11) is 0. The molecule has 2 aromatic rings. The highest BCUT2D eigenvalue weighted by molar-refractivity contribution is 6.31. The van der Waals surface area contributed by atoms with Crippen molar-refractivity contribution in [2.24, 2.45) is 0 Å². The van der Waals surface area contributed by atoms with Gasteiger partial charge in [0.15, 0.2) is 0 Å². The molecule has 0 saturated carbocycles. The molecule has 0 bridgehead atoms. The van der Waals surface area contributed by atoms with Gasteiger partial charge in [0.1, 0.15) is 0 Å². The summed E-state index contributed by atoms with van der Waals surface area (Å²) in [6.07, 6.45) is -1.10. The van der Waals surface area contributed by atoms with E-state index in [1.54, 1.807) is 4.90 Å². The third-order valence-corrected chi connectivity index (χ3v) is 5.69. The van der Waals surface area contributed by atoms with Gasteiger partial charge in [-0.05, 0) is 28.3 Å². The lowest BCUT2D eigenvalue weighted by molar-refractivity contribution is -0.133. The summed E-state index contributed by atoms with van der Waals surface area (Å²) in [5, 5.41) is 21.3. The van der Waals surface area contributed by atoms with Crippen molar-refractivity contribution in [1.29, 1.82) is 0 Å². The zero-order valence-corrected chi connectivity index (χ0v) is 14.5. The van der Waals surface area contributed by atoms with Crippen molar-refractivity contribution in [3.8, 4) is 0 Å². The number of carbonyl (C=O) groups is 1. The number of hydrogen-bond donors (Lipinski definition) is 2. The van der Waals surface area contributed by atoms with Crippen molar-refractivity contribution in [1.82, 2.24) is 4.90 Å². The van der Waals surface area contributed by atoms with E-state index in [1.165, 1.54) is 0 Å². The summed E-state index contributed by atoms with van der Waals surface area (Å²) < 4.78 is 0. The monoisotopic (exact) mass is 357 g/mol. The van der Waals surface area contributed by atoms with Crippen LogP contribution in [0.2, 0.25) is 5.02 Å². The highest BCUT2D eigenvalue weighted by Gasteiger charge is 2.40. The van der Waals surface area contributed by atoms with Gasteiger partial charge >= 0.3 is 0 Å². The average molecular weight is 358 g/mol. The Kier molecular flexibility index (Phi) is 4.28. The number of aliphatic hydroxyl groups is 2. The number of aliphatic hydroxyl groups excluding tert-OH is 2. The topological polar surface area (TPSA) is 60.8 Å². The first-order chi connectivity index (χ1) is 12.0. The van der Waals surface area contributed by atoms with Crippen molar-refractivity contribution in [2.75, 3.05) is 0 Å². The lowest BCUT2D eigenvalue weighted by Crippen LogP contribution is -2.39. The van der Waals surface area contributed by atoms with Crippen LogP contribution >= 0.6 is 11.6 Å². The first-order valence-electron chi connectivity index (χ1n) is 8.52. The fraction of sp³-hybridized carbons (Fsp3) is 0.350. The van der Waals surface area contributed by atoms with Gasteiger partial charge in [0.25, 0.3) is 0 Å². The number of hydrogen-bond acceptors (Lipinski definition) is 3. The van der Waals surface area contributed by atoms with E-state index in [4.69, 9.17) is 11.6 Å². The third-order valence-electron chi connectivity index (χ3n) is 5.32. The molecule has 2 N–H and O–H groups in total. The molecule has 2 aromatic carbocycles. The minimum Gasteiger partial charge on any atom is -0.390 e. The van der Waals surface area contributed by atoms with Gasteiger partial charge in [0.05, 0.1) is 12.2 Å². The Morgan fingerprint density at radius 1 is 1.04 bits per heavy atom. The normalized spacial score (nSPS) is 25.5. The summed E-state index contributed by atoms with van der Waals surface area (Å²) >= 11 is 6.25. The molecule has 4 nitrogen and oxygen atoms in total. The van der Waals surface area contributed by atoms with E-state index in [9.17, 15) is 15.0 Å². The molecular formula is C20H20ClNO3. The Labute approximate surface area is 151 Å². The summed E-state index contributed by atoms with van der Waals surface area (Å²) in [6.45, 7) is 0.931. The lowest BCUT2D eigenvalue weighted by atomic mass is 9.76. The Bertz CT molecular complexity index is 822. The molecule has 2 aliphatic rings. The predicted octanol–water partition coefficient (Wildman–Crippen LogP) is 2.63. The van der Waals surface area contributed by atoms with Crippen LogP contribution in [0.15, 0.2) is 42.5 Å². The van der Waals surface area contributed by atoms with Crippen molar-refractivity contribution in [3.63, 3.8) is 0 Å². The molecule has 1 amide bonds. The Morgan fingerprint density at radius 3 is 2.60 bits per heavy atom. The second-order valence-corrected chi connectivity index (χ2v) is 7.31. The minimum absolute atomic E-state index is 0.0276. The van der Waals surface area contributed by atoms with Gasteiger partial charge < -0.3 is 15.1 Å². The average Bonchev–Trinajstić information content (AvgIpc) is 2.73. The second-order valence-electron chi connectivity index (χ2n) is 6.90. The molecule has 1 aliphatic heterocycles. The molecule has 0 radical (unpaired) electrons. The van der Waals surface area contributed by atoms with Crippen LogP contribution in [0, 0.1) is 0 Å². The van der Waals surface area contributed by atoms with Crippen molar-refractivity contribution >= 4 is 17.5 Å². The predicted molar refractivity (Wildman–Crippen MR) is 95.2 cm³/mol. The van der Waals surface area contributed by atoms with E-state index in [1.807, 2.05) is 42.5 Å². The Morgan fingerprint density at radius 2 is 1.80 bits per heavy atom. The van der Waals surface area contributed by atoms with E-state index in [-0.39, 0.29) is 18.2 Å². The Hall–Kier alpha value is -1.88. The number of nitrogens with zero attached hydrogens (tertiary/aromatic N) is 1. The fourth-order valence-electron chi connectivity index (χ4n) is 4.05. The summed E-state index contributed by atoms with van der Waals surface area (Å²) in [6, 6.07) is 13.5. The standard InChI is InChI=1S/C20H20ClNO3/c21-16-7-2-1-4-13(16)10-22-11-14-6-3-5-12-8-17(23)20(25)15(19(12)14)9-18(22)24/h1-7,15,17,20,23,25H,8-11H2/t15-,17-,20+/m1/s1. The van der Waals surface area contributed by atoms with Gasteiger partial charge in [-0.3, -0.25) is 4.79 Å². The maximum Gasteiger partial charge on any atom is 0.223 e. The lowest BCUT2D eigenvalue weighted by Gasteiger charge is -2.33. The van der Waals surface area contributed by atoms with Crippen LogP contribution in [0.1, 0.15) is 34.6 Å². The van der Waals surface area contributed by atoms with Crippen LogP contribution in [0.5, 0.6) is 0 Å². The first-order valence-corrected chi connectivity index (χ1v) is 8.90. The molecule has 1 heterocycles. The van der Waals surface area contributed by atoms with E-state index in [2.05, 4.69) is 0 Å². The molecule has 4 rings (SSSR count). The molecule has 1 aliphatic carbocycles. The summed E-state index contributed by atoms with van der Waals surface area (Å²) in [5.41, 5.74) is 4.03.